The van der Waals surface area contributed by atoms with Crippen LogP contribution in [0.1, 0.15) is 5.56 Å². The maximum atomic E-state index is 13.5. The SMILES string of the molecule is Nc1ccc(CC(=O)Nc2c(N)ccc(F)c2F)cc1. The number of carbonyl (C=O) groups is 1. The molecule has 5 N–H and O–H groups in total. The largest absolute Gasteiger partial charge is 0.399 e. The van der Waals surface area contributed by atoms with Crippen LogP contribution >= 0.6 is 0 Å². The molecule has 0 aliphatic rings. The molecule has 0 atom stereocenters. The summed E-state index contributed by atoms with van der Waals surface area (Å²) in [5.41, 5.74) is 11.9. The minimum absolute atomic E-state index is 0.00960. The molecule has 0 heterocycles. The second kappa shape index (κ2) is 5.56. The zero-order chi connectivity index (χ0) is 14.7. The molecule has 2 aromatic rings. The molecule has 0 saturated heterocycles. The van der Waals surface area contributed by atoms with E-state index in [0.717, 1.165) is 6.07 Å². The van der Waals surface area contributed by atoms with E-state index in [2.05, 4.69) is 5.32 Å². The van der Waals surface area contributed by atoms with Crippen LogP contribution in [0.25, 0.3) is 0 Å². The van der Waals surface area contributed by atoms with Crippen LogP contribution in [0.5, 0.6) is 0 Å². The number of nitrogen functional groups attached to an aromatic ring is 2. The van der Waals surface area contributed by atoms with Crippen molar-refractivity contribution in [3.05, 3.63) is 53.6 Å². The van der Waals surface area contributed by atoms with Gasteiger partial charge in [-0.05, 0) is 29.8 Å². The smallest absolute Gasteiger partial charge is 0.228 e. The molecule has 0 radical (unpaired) electrons. The molecule has 2 aromatic carbocycles. The highest BCUT2D eigenvalue weighted by Gasteiger charge is 2.14. The van der Waals surface area contributed by atoms with Crippen molar-refractivity contribution in [3.8, 4) is 0 Å². The average molecular weight is 277 g/mol. The molecule has 1 amide bonds. The van der Waals surface area contributed by atoms with Crippen molar-refractivity contribution in [3.63, 3.8) is 0 Å². The number of halogens is 2. The Bertz CT molecular complexity index is 642. The average Bonchev–Trinajstić information content (AvgIpc) is 2.42. The summed E-state index contributed by atoms with van der Waals surface area (Å²) >= 11 is 0. The predicted octanol–water partition coefficient (Wildman–Crippen LogP) is 2.31. The summed E-state index contributed by atoms with van der Waals surface area (Å²) < 4.78 is 26.6. The van der Waals surface area contributed by atoms with E-state index in [1.807, 2.05) is 0 Å². The maximum Gasteiger partial charge on any atom is 0.228 e. The monoisotopic (exact) mass is 277 g/mol. The van der Waals surface area contributed by atoms with E-state index >= 15 is 0 Å². The highest BCUT2D eigenvalue weighted by molar-refractivity contribution is 5.95. The van der Waals surface area contributed by atoms with Crippen LogP contribution in [-0.4, -0.2) is 5.91 Å². The fourth-order valence-corrected chi connectivity index (χ4v) is 1.70. The quantitative estimate of drug-likeness (QED) is 0.753. The van der Waals surface area contributed by atoms with Crippen LogP contribution in [0.3, 0.4) is 0 Å². The lowest BCUT2D eigenvalue weighted by Crippen LogP contribution is -2.17. The van der Waals surface area contributed by atoms with Crippen molar-refractivity contribution in [1.29, 1.82) is 0 Å². The fraction of sp³-hybridized carbons (Fsp3) is 0.0714. The molecule has 20 heavy (non-hydrogen) atoms. The Labute approximate surface area is 114 Å². The van der Waals surface area contributed by atoms with Gasteiger partial charge in [-0.3, -0.25) is 4.79 Å². The van der Waals surface area contributed by atoms with Crippen LogP contribution in [0.2, 0.25) is 0 Å². The zero-order valence-corrected chi connectivity index (χ0v) is 10.5. The molecular weight excluding hydrogens is 264 g/mol. The summed E-state index contributed by atoms with van der Waals surface area (Å²) in [6, 6.07) is 8.76. The van der Waals surface area contributed by atoms with Crippen molar-refractivity contribution in [1.82, 2.24) is 0 Å². The first-order chi connectivity index (χ1) is 9.47. The van der Waals surface area contributed by atoms with Crippen molar-refractivity contribution < 1.29 is 13.6 Å². The third-order valence-electron chi connectivity index (χ3n) is 2.74. The summed E-state index contributed by atoms with van der Waals surface area (Å²) in [5.74, 6) is -2.73. The number of nitrogens with two attached hydrogens (primary N) is 2. The summed E-state index contributed by atoms with van der Waals surface area (Å²) in [6.45, 7) is 0. The molecule has 2 rings (SSSR count). The number of anilines is 3. The molecule has 0 aliphatic heterocycles. The van der Waals surface area contributed by atoms with Crippen LogP contribution in [-0.2, 0) is 11.2 Å². The predicted molar refractivity (Wildman–Crippen MR) is 74.0 cm³/mol. The van der Waals surface area contributed by atoms with Crippen molar-refractivity contribution >= 4 is 23.0 Å². The molecule has 104 valence electrons. The molecule has 0 spiro atoms. The molecule has 4 nitrogen and oxygen atoms in total. The first kappa shape index (κ1) is 13.8. The molecule has 0 unspecified atom stereocenters. The van der Waals surface area contributed by atoms with E-state index in [1.165, 1.54) is 6.07 Å². The normalized spacial score (nSPS) is 10.3. The van der Waals surface area contributed by atoms with Gasteiger partial charge in [-0.15, -0.1) is 0 Å². The zero-order valence-electron chi connectivity index (χ0n) is 10.5. The van der Waals surface area contributed by atoms with Gasteiger partial charge in [0.1, 0.15) is 5.69 Å². The van der Waals surface area contributed by atoms with Crippen molar-refractivity contribution in [2.24, 2.45) is 0 Å². The molecule has 0 aliphatic carbocycles. The van der Waals surface area contributed by atoms with Gasteiger partial charge < -0.3 is 16.8 Å². The van der Waals surface area contributed by atoms with Crippen LogP contribution in [0.4, 0.5) is 25.8 Å². The topological polar surface area (TPSA) is 81.1 Å². The van der Waals surface area contributed by atoms with Crippen LogP contribution in [0, 0.1) is 11.6 Å². The molecule has 0 fully saturated rings. The lowest BCUT2D eigenvalue weighted by atomic mass is 10.1. The van der Waals surface area contributed by atoms with E-state index in [-0.39, 0.29) is 17.8 Å². The Balaban J connectivity index is 2.12. The van der Waals surface area contributed by atoms with E-state index < -0.39 is 17.5 Å². The van der Waals surface area contributed by atoms with Gasteiger partial charge in [0, 0.05) is 5.69 Å². The minimum Gasteiger partial charge on any atom is -0.399 e. The summed E-state index contributed by atoms with van der Waals surface area (Å²) in [5, 5.41) is 2.27. The lowest BCUT2D eigenvalue weighted by molar-refractivity contribution is -0.115. The van der Waals surface area contributed by atoms with Gasteiger partial charge in [0.05, 0.1) is 12.1 Å². The summed E-state index contributed by atoms with van der Waals surface area (Å²) in [7, 11) is 0. The molecular formula is C14H13F2N3O. The third-order valence-corrected chi connectivity index (χ3v) is 2.74. The number of amides is 1. The van der Waals surface area contributed by atoms with E-state index in [4.69, 9.17) is 11.5 Å². The summed E-state index contributed by atoms with van der Waals surface area (Å²) in [4.78, 5) is 11.8. The standard InChI is InChI=1S/C14H13F2N3O/c15-10-5-6-11(18)14(13(10)16)19-12(20)7-8-1-3-9(17)4-2-8/h1-6H,7,17-18H2,(H,19,20). The van der Waals surface area contributed by atoms with Crippen molar-refractivity contribution in [2.75, 3.05) is 16.8 Å². The number of benzene rings is 2. The highest BCUT2D eigenvalue weighted by Crippen LogP contribution is 2.24. The van der Waals surface area contributed by atoms with Gasteiger partial charge in [-0.1, -0.05) is 12.1 Å². The Kier molecular flexibility index (Phi) is 3.84. The number of rotatable bonds is 3. The number of hydrogen-bond acceptors (Lipinski definition) is 3. The fourth-order valence-electron chi connectivity index (χ4n) is 1.70. The highest BCUT2D eigenvalue weighted by atomic mass is 19.2. The Morgan fingerprint density at radius 2 is 1.70 bits per heavy atom. The minimum atomic E-state index is -1.17. The number of nitrogens with one attached hydrogen (secondary N) is 1. The van der Waals surface area contributed by atoms with Gasteiger partial charge in [-0.2, -0.15) is 0 Å². The van der Waals surface area contributed by atoms with Gasteiger partial charge >= 0.3 is 0 Å². The van der Waals surface area contributed by atoms with Gasteiger partial charge in [0.15, 0.2) is 11.6 Å². The van der Waals surface area contributed by atoms with Crippen LogP contribution < -0.4 is 16.8 Å². The second-order valence-electron chi connectivity index (χ2n) is 4.29. The van der Waals surface area contributed by atoms with E-state index in [9.17, 15) is 13.6 Å². The van der Waals surface area contributed by atoms with Gasteiger partial charge in [0.2, 0.25) is 5.91 Å². The Morgan fingerprint density at radius 1 is 1.05 bits per heavy atom. The van der Waals surface area contributed by atoms with E-state index in [0.29, 0.717) is 11.3 Å². The first-order valence-electron chi connectivity index (χ1n) is 5.85. The second-order valence-corrected chi connectivity index (χ2v) is 4.29. The number of carbonyl (C=O) groups excluding carboxylic acids is 1. The Morgan fingerprint density at radius 3 is 2.35 bits per heavy atom. The van der Waals surface area contributed by atoms with Gasteiger partial charge in [-0.25, -0.2) is 8.78 Å². The van der Waals surface area contributed by atoms with E-state index in [1.54, 1.807) is 24.3 Å². The third kappa shape index (κ3) is 3.03. The lowest BCUT2D eigenvalue weighted by Gasteiger charge is -2.10. The molecule has 0 saturated carbocycles. The maximum absolute atomic E-state index is 13.5. The molecule has 6 heteroatoms. The van der Waals surface area contributed by atoms with Gasteiger partial charge in [0.25, 0.3) is 0 Å². The van der Waals surface area contributed by atoms with Crippen LogP contribution in [0.15, 0.2) is 36.4 Å². The molecule has 0 aromatic heterocycles. The summed E-state index contributed by atoms with van der Waals surface area (Å²) in [6.07, 6.45) is 0.00960. The molecule has 0 bridgehead atoms. The Hall–Kier alpha value is -2.63. The van der Waals surface area contributed by atoms with Crippen molar-refractivity contribution in [2.45, 2.75) is 6.42 Å². The number of hydrogen-bond donors (Lipinski definition) is 3. The first-order valence-corrected chi connectivity index (χ1v) is 5.85.